The SMILES string of the molecule is CN(C)Cc1ccc(S(=O)(=O)N2CCC(CN)C2)cc1. The highest BCUT2D eigenvalue weighted by Crippen LogP contribution is 2.24. The molecule has 5 nitrogen and oxygen atoms in total. The molecule has 1 unspecified atom stereocenters. The molecular weight excluding hydrogens is 274 g/mol. The van der Waals surface area contributed by atoms with Crippen LogP contribution < -0.4 is 5.73 Å². The number of nitrogens with zero attached hydrogens (tertiary/aromatic N) is 2. The highest BCUT2D eigenvalue weighted by Gasteiger charge is 2.31. The molecule has 1 aromatic rings. The first-order chi connectivity index (χ1) is 9.43. The van der Waals surface area contributed by atoms with Crippen LogP contribution in [-0.4, -0.2) is 51.4 Å². The molecule has 1 aromatic carbocycles. The van der Waals surface area contributed by atoms with Crippen LogP contribution in [0.15, 0.2) is 29.2 Å². The zero-order valence-corrected chi connectivity index (χ0v) is 12.9. The van der Waals surface area contributed by atoms with Crippen molar-refractivity contribution in [1.82, 2.24) is 9.21 Å². The van der Waals surface area contributed by atoms with E-state index in [2.05, 4.69) is 4.90 Å². The van der Waals surface area contributed by atoms with E-state index in [0.717, 1.165) is 18.5 Å². The lowest BCUT2D eigenvalue weighted by molar-refractivity contribution is 0.402. The summed E-state index contributed by atoms with van der Waals surface area (Å²) in [6, 6.07) is 7.15. The number of sulfonamides is 1. The minimum atomic E-state index is -3.36. The lowest BCUT2D eigenvalue weighted by Gasteiger charge is -2.17. The van der Waals surface area contributed by atoms with Gasteiger partial charge in [0.2, 0.25) is 10.0 Å². The van der Waals surface area contributed by atoms with E-state index in [1.54, 1.807) is 16.4 Å². The van der Waals surface area contributed by atoms with Crippen LogP contribution in [0.4, 0.5) is 0 Å². The monoisotopic (exact) mass is 297 g/mol. The van der Waals surface area contributed by atoms with Crippen LogP contribution in [0.2, 0.25) is 0 Å². The zero-order valence-electron chi connectivity index (χ0n) is 12.1. The molecule has 1 atom stereocenters. The van der Waals surface area contributed by atoms with Crippen LogP contribution in [0.5, 0.6) is 0 Å². The van der Waals surface area contributed by atoms with Gasteiger partial charge >= 0.3 is 0 Å². The van der Waals surface area contributed by atoms with Crippen LogP contribution in [0, 0.1) is 5.92 Å². The third-order valence-corrected chi connectivity index (χ3v) is 5.52. The predicted molar refractivity (Wildman–Crippen MR) is 79.8 cm³/mol. The normalized spacial score (nSPS) is 20.7. The van der Waals surface area contributed by atoms with Gasteiger partial charge in [-0.15, -0.1) is 0 Å². The fraction of sp³-hybridized carbons (Fsp3) is 0.571. The van der Waals surface area contributed by atoms with Crippen molar-refractivity contribution in [3.05, 3.63) is 29.8 Å². The zero-order chi connectivity index (χ0) is 14.8. The van der Waals surface area contributed by atoms with Crippen molar-refractivity contribution in [3.8, 4) is 0 Å². The molecule has 1 heterocycles. The van der Waals surface area contributed by atoms with Crippen LogP contribution in [0.3, 0.4) is 0 Å². The Morgan fingerprint density at radius 3 is 2.45 bits per heavy atom. The van der Waals surface area contributed by atoms with Gasteiger partial charge in [0.15, 0.2) is 0 Å². The summed E-state index contributed by atoms with van der Waals surface area (Å²) < 4.78 is 26.6. The summed E-state index contributed by atoms with van der Waals surface area (Å²) in [5.41, 5.74) is 6.72. The van der Waals surface area contributed by atoms with Gasteiger partial charge in [-0.25, -0.2) is 8.42 Å². The van der Waals surface area contributed by atoms with E-state index in [4.69, 9.17) is 5.73 Å². The summed E-state index contributed by atoms with van der Waals surface area (Å²) in [4.78, 5) is 2.42. The third kappa shape index (κ3) is 3.38. The second-order valence-corrected chi connectivity index (χ2v) is 7.57. The lowest BCUT2D eigenvalue weighted by atomic mass is 10.1. The van der Waals surface area contributed by atoms with Crippen molar-refractivity contribution in [2.75, 3.05) is 33.7 Å². The first-order valence-corrected chi connectivity index (χ1v) is 8.31. The van der Waals surface area contributed by atoms with Gasteiger partial charge in [0.1, 0.15) is 0 Å². The van der Waals surface area contributed by atoms with Crippen molar-refractivity contribution < 1.29 is 8.42 Å². The van der Waals surface area contributed by atoms with Gasteiger partial charge in [-0.2, -0.15) is 4.31 Å². The smallest absolute Gasteiger partial charge is 0.243 e. The van der Waals surface area contributed by atoms with Crippen LogP contribution in [0.25, 0.3) is 0 Å². The van der Waals surface area contributed by atoms with E-state index in [1.165, 1.54) is 0 Å². The Hall–Kier alpha value is -0.950. The third-order valence-electron chi connectivity index (χ3n) is 3.64. The topological polar surface area (TPSA) is 66.6 Å². The Balaban J connectivity index is 2.14. The minimum absolute atomic E-state index is 0.290. The van der Waals surface area contributed by atoms with E-state index in [1.807, 2.05) is 26.2 Å². The number of rotatable bonds is 5. The van der Waals surface area contributed by atoms with Gasteiger partial charge < -0.3 is 10.6 Å². The van der Waals surface area contributed by atoms with Gasteiger partial charge in [0.05, 0.1) is 4.90 Å². The van der Waals surface area contributed by atoms with E-state index in [-0.39, 0.29) is 5.92 Å². The molecule has 0 aromatic heterocycles. The molecule has 0 aliphatic carbocycles. The maximum absolute atomic E-state index is 12.5. The summed E-state index contributed by atoms with van der Waals surface area (Å²) in [6.07, 6.45) is 0.856. The van der Waals surface area contributed by atoms with E-state index in [9.17, 15) is 8.42 Å². The molecule has 0 radical (unpaired) electrons. The average molecular weight is 297 g/mol. The maximum Gasteiger partial charge on any atom is 0.243 e. The number of benzene rings is 1. The first kappa shape index (κ1) is 15.4. The molecule has 2 rings (SSSR count). The maximum atomic E-state index is 12.5. The highest BCUT2D eigenvalue weighted by atomic mass is 32.2. The van der Waals surface area contributed by atoms with Crippen molar-refractivity contribution in [2.45, 2.75) is 17.9 Å². The second-order valence-electron chi connectivity index (χ2n) is 5.64. The van der Waals surface area contributed by atoms with Crippen molar-refractivity contribution in [2.24, 2.45) is 11.7 Å². The largest absolute Gasteiger partial charge is 0.330 e. The summed E-state index contributed by atoms with van der Waals surface area (Å²) in [7, 11) is 0.613. The Kier molecular flexibility index (Phi) is 4.80. The van der Waals surface area contributed by atoms with Crippen LogP contribution >= 0.6 is 0 Å². The Morgan fingerprint density at radius 2 is 1.95 bits per heavy atom. The highest BCUT2D eigenvalue weighted by molar-refractivity contribution is 7.89. The number of hydrogen-bond acceptors (Lipinski definition) is 4. The Labute approximate surface area is 121 Å². The van der Waals surface area contributed by atoms with Gasteiger partial charge in [-0.05, 0) is 50.7 Å². The van der Waals surface area contributed by atoms with Crippen molar-refractivity contribution in [1.29, 1.82) is 0 Å². The molecule has 6 heteroatoms. The average Bonchev–Trinajstić information content (AvgIpc) is 2.88. The molecule has 20 heavy (non-hydrogen) atoms. The molecule has 2 N–H and O–H groups in total. The molecular formula is C14H23N3O2S. The van der Waals surface area contributed by atoms with E-state index >= 15 is 0 Å². The Bertz CT molecular complexity index is 540. The van der Waals surface area contributed by atoms with Gasteiger partial charge in [0.25, 0.3) is 0 Å². The summed E-state index contributed by atoms with van der Waals surface area (Å²) in [5, 5.41) is 0. The molecule has 1 aliphatic rings. The van der Waals surface area contributed by atoms with Crippen LogP contribution in [-0.2, 0) is 16.6 Å². The van der Waals surface area contributed by atoms with Gasteiger partial charge in [0, 0.05) is 19.6 Å². The number of nitrogens with two attached hydrogens (primary N) is 1. The molecule has 0 bridgehead atoms. The molecule has 1 saturated heterocycles. The van der Waals surface area contributed by atoms with Crippen LogP contribution in [0.1, 0.15) is 12.0 Å². The summed E-state index contributed by atoms with van der Waals surface area (Å²) in [5.74, 6) is 0.290. The standard InChI is InChI=1S/C14H23N3O2S/c1-16(2)10-12-3-5-14(6-4-12)20(18,19)17-8-7-13(9-15)11-17/h3-6,13H,7-11,15H2,1-2H3. The molecule has 0 spiro atoms. The number of hydrogen-bond donors (Lipinski definition) is 1. The molecule has 0 amide bonds. The lowest BCUT2D eigenvalue weighted by Crippen LogP contribution is -2.30. The molecule has 0 saturated carbocycles. The Morgan fingerprint density at radius 1 is 1.30 bits per heavy atom. The van der Waals surface area contributed by atoms with Crippen molar-refractivity contribution in [3.63, 3.8) is 0 Å². The fourth-order valence-electron chi connectivity index (χ4n) is 2.49. The second kappa shape index (κ2) is 6.22. The van der Waals surface area contributed by atoms with Crippen molar-refractivity contribution >= 4 is 10.0 Å². The van der Waals surface area contributed by atoms with E-state index < -0.39 is 10.0 Å². The van der Waals surface area contributed by atoms with E-state index in [0.29, 0.717) is 24.5 Å². The fourth-order valence-corrected chi connectivity index (χ4v) is 4.02. The molecule has 112 valence electrons. The molecule has 1 fully saturated rings. The summed E-state index contributed by atoms with van der Waals surface area (Å²) in [6.45, 7) is 2.47. The minimum Gasteiger partial charge on any atom is -0.330 e. The van der Waals surface area contributed by atoms with Gasteiger partial charge in [-0.1, -0.05) is 12.1 Å². The quantitative estimate of drug-likeness (QED) is 0.869. The summed E-state index contributed by atoms with van der Waals surface area (Å²) >= 11 is 0. The van der Waals surface area contributed by atoms with Gasteiger partial charge in [-0.3, -0.25) is 0 Å². The molecule has 1 aliphatic heterocycles. The first-order valence-electron chi connectivity index (χ1n) is 6.87. The predicted octanol–water partition coefficient (Wildman–Crippen LogP) is 0.718.